The van der Waals surface area contributed by atoms with Gasteiger partial charge in [-0.2, -0.15) is 0 Å². The molecule has 0 bridgehead atoms. The maximum atomic E-state index is 11.8. The van der Waals surface area contributed by atoms with Crippen molar-refractivity contribution in [1.82, 2.24) is 5.32 Å². The molecule has 2 rings (SSSR count). The van der Waals surface area contributed by atoms with E-state index in [1.807, 2.05) is 54.6 Å². The average molecular weight is 300 g/mol. The van der Waals surface area contributed by atoms with E-state index in [1.165, 1.54) is 0 Å². The third kappa shape index (κ3) is 5.09. The monoisotopic (exact) mass is 300 g/mol. The summed E-state index contributed by atoms with van der Waals surface area (Å²) in [7, 11) is 0. The summed E-state index contributed by atoms with van der Waals surface area (Å²) in [5.41, 5.74) is 6.24. The first-order chi connectivity index (χ1) is 10.6. The van der Waals surface area contributed by atoms with Gasteiger partial charge in [-0.05, 0) is 24.3 Å². The summed E-state index contributed by atoms with van der Waals surface area (Å²) in [5.74, 6) is -0.364. The number of rotatable bonds is 6. The van der Waals surface area contributed by atoms with Crippen molar-refractivity contribution in [3.8, 4) is 0 Å². The molecule has 1 aliphatic carbocycles. The molecule has 0 radical (unpaired) electrons. The van der Waals surface area contributed by atoms with Crippen molar-refractivity contribution in [2.24, 2.45) is 11.7 Å². The van der Waals surface area contributed by atoms with Crippen LogP contribution in [0.4, 0.5) is 4.79 Å². The van der Waals surface area contributed by atoms with Crippen molar-refractivity contribution in [2.45, 2.75) is 25.5 Å². The maximum absolute atomic E-state index is 11.8. The number of allylic oxidation sites excluding steroid dienone is 4. The number of ether oxygens (including phenoxy) is 1. The van der Waals surface area contributed by atoms with Gasteiger partial charge < -0.3 is 15.8 Å². The van der Waals surface area contributed by atoms with Gasteiger partial charge in [-0.3, -0.25) is 4.79 Å². The molecule has 1 unspecified atom stereocenters. The summed E-state index contributed by atoms with van der Waals surface area (Å²) >= 11 is 0. The van der Waals surface area contributed by atoms with Gasteiger partial charge in [0.05, 0.1) is 0 Å². The molecule has 1 aliphatic rings. The molecule has 0 aromatic heterocycles. The van der Waals surface area contributed by atoms with Crippen LogP contribution >= 0.6 is 0 Å². The van der Waals surface area contributed by atoms with Crippen molar-refractivity contribution in [3.05, 3.63) is 60.2 Å². The fourth-order valence-electron chi connectivity index (χ4n) is 2.26. The van der Waals surface area contributed by atoms with Gasteiger partial charge in [-0.1, -0.05) is 54.6 Å². The van der Waals surface area contributed by atoms with Crippen LogP contribution in [-0.2, 0) is 16.1 Å². The van der Waals surface area contributed by atoms with Gasteiger partial charge in [0.25, 0.3) is 0 Å². The maximum Gasteiger partial charge on any atom is 0.408 e. The fraction of sp³-hybridized carbons (Fsp3) is 0.294. The molecule has 0 heterocycles. The van der Waals surface area contributed by atoms with Crippen molar-refractivity contribution < 1.29 is 14.3 Å². The Morgan fingerprint density at radius 1 is 1.27 bits per heavy atom. The summed E-state index contributed by atoms with van der Waals surface area (Å²) in [4.78, 5) is 23.3. The number of hydrogen-bond acceptors (Lipinski definition) is 3. The van der Waals surface area contributed by atoms with Crippen molar-refractivity contribution in [1.29, 1.82) is 0 Å². The van der Waals surface area contributed by atoms with E-state index in [2.05, 4.69) is 5.32 Å². The van der Waals surface area contributed by atoms with E-state index in [0.717, 1.165) is 12.0 Å². The Labute approximate surface area is 129 Å². The highest BCUT2D eigenvalue weighted by molar-refractivity contribution is 5.84. The van der Waals surface area contributed by atoms with Crippen LogP contribution in [0.3, 0.4) is 0 Å². The first-order valence-electron chi connectivity index (χ1n) is 7.25. The largest absolute Gasteiger partial charge is 0.445 e. The molecule has 22 heavy (non-hydrogen) atoms. The Morgan fingerprint density at radius 3 is 2.68 bits per heavy atom. The number of nitrogens with two attached hydrogens (primary N) is 1. The van der Waals surface area contributed by atoms with Crippen LogP contribution < -0.4 is 11.1 Å². The average Bonchev–Trinajstić information content (AvgIpc) is 2.54. The van der Waals surface area contributed by atoms with Crippen LogP contribution in [0.15, 0.2) is 54.6 Å². The number of hydrogen-bond donors (Lipinski definition) is 2. The lowest BCUT2D eigenvalue weighted by Crippen LogP contribution is -2.45. The van der Waals surface area contributed by atoms with Gasteiger partial charge in [-0.25, -0.2) is 4.79 Å². The van der Waals surface area contributed by atoms with Gasteiger partial charge in [0.1, 0.15) is 12.6 Å². The quantitative estimate of drug-likeness (QED) is 0.845. The Hall–Kier alpha value is -2.56. The number of carbonyl (C=O) groups is 2. The minimum Gasteiger partial charge on any atom is -0.445 e. The minimum absolute atomic E-state index is 0.157. The second-order valence-corrected chi connectivity index (χ2v) is 5.21. The summed E-state index contributed by atoms with van der Waals surface area (Å²) in [5, 5.41) is 2.54. The molecule has 2 atom stereocenters. The molecule has 0 saturated carbocycles. The van der Waals surface area contributed by atoms with Crippen LogP contribution in [0, 0.1) is 5.92 Å². The van der Waals surface area contributed by atoms with E-state index in [0.29, 0.717) is 6.42 Å². The highest BCUT2D eigenvalue weighted by Crippen LogP contribution is 2.17. The molecule has 3 N–H and O–H groups in total. The van der Waals surface area contributed by atoms with Gasteiger partial charge in [-0.15, -0.1) is 0 Å². The predicted octanol–water partition coefficient (Wildman–Crippen LogP) is 2.29. The summed E-state index contributed by atoms with van der Waals surface area (Å²) in [6.07, 6.45) is 8.58. The van der Waals surface area contributed by atoms with Crippen LogP contribution in [0.2, 0.25) is 0 Å². The highest BCUT2D eigenvalue weighted by atomic mass is 16.5. The Balaban J connectivity index is 1.82. The molecule has 0 saturated heterocycles. The molecule has 2 amide bonds. The molecular weight excluding hydrogens is 280 g/mol. The lowest BCUT2D eigenvalue weighted by Gasteiger charge is -2.20. The summed E-state index contributed by atoms with van der Waals surface area (Å²) < 4.78 is 5.11. The van der Waals surface area contributed by atoms with E-state index in [4.69, 9.17) is 10.5 Å². The van der Waals surface area contributed by atoms with E-state index in [-0.39, 0.29) is 12.5 Å². The zero-order valence-corrected chi connectivity index (χ0v) is 12.3. The fourth-order valence-corrected chi connectivity index (χ4v) is 2.26. The second kappa shape index (κ2) is 8.02. The minimum atomic E-state index is -0.732. The molecule has 0 fully saturated rings. The molecule has 116 valence electrons. The molecular formula is C17H20N2O3. The number of primary amides is 1. The Kier molecular flexibility index (Phi) is 5.77. The van der Waals surface area contributed by atoms with Crippen LogP contribution in [0.25, 0.3) is 0 Å². The van der Waals surface area contributed by atoms with E-state index in [1.54, 1.807) is 0 Å². The van der Waals surface area contributed by atoms with E-state index >= 15 is 0 Å². The summed E-state index contributed by atoms with van der Waals surface area (Å²) in [6.45, 7) is 0.157. The molecule has 5 nitrogen and oxygen atoms in total. The standard InChI is InChI=1S/C17H20N2O3/c18-16(20)15(11-13-7-3-1-4-8-13)19-17(21)22-12-14-9-5-2-6-10-14/h1-7,9-10,13,15H,8,11-12H2,(H2,18,20)(H,19,21)/t13?,15-/m0/s1. The third-order valence-electron chi connectivity index (χ3n) is 3.46. The zero-order chi connectivity index (χ0) is 15.8. The predicted molar refractivity (Wildman–Crippen MR) is 83.7 cm³/mol. The lowest BCUT2D eigenvalue weighted by molar-refractivity contribution is -0.120. The summed E-state index contributed by atoms with van der Waals surface area (Å²) in [6, 6.07) is 8.61. The Morgan fingerprint density at radius 2 is 2.05 bits per heavy atom. The smallest absolute Gasteiger partial charge is 0.408 e. The van der Waals surface area contributed by atoms with Crippen LogP contribution in [0.1, 0.15) is 18.4 Å². The van der Waals surface area contributed by atoms with Gasteiger partial charge in [0, 0.05) is 0 Å². The molecule has 5 heteroatoms. The topological polar surface area (TPSA) is 81.4 Å². The second-order valence-electron chi connectivity index (χ2n) is 5.21. The molecule has 1 aromatic carbocycles. The van der Waals surface area contributed by atoms with E-state index in [9.17, 15) is 9.59 Å². The molecule has 1 aromatic rings. The molecule has 0 aliphatic heterocycles. The normalized spacial score (nSPS) is 17.7. The van der Waals surface area contributed by atoms with Crippen molar-refractivity contribution in [3.63, 3.8) is 0 Å². The van der Waals surface area contributed by atoms with Gasteiger partial charge in [0.15, 0.2) is 0 Å². The SMILES string of the molecule is NC(=O)[C@H](CC1C=CC=CC1)NC(=O)OCc1ccccc1. The number of nitrogens with one attached hydrogen (secondary N) is 1. The van der Waals surface area contributed by atoms with Crippen molar-refractivity contribution >= 4 is 12.0 Å². The lowest BCUT2D eigenvalue weighted by atomic mass is 9.93. The van der Waals surface area contributed by atoms with Crippen molar-refractivity contribution in [2.75, 3.05) is 0 Å². The first kappa shape index (κ1) is 15.8. The first-order valence-corrected chi connectivity index (χ1v) is 7.25. The van der Waals surface area contributed by atoms with Crippen LogP contribution in [0.5, 0.6) is 0 Å². The number of amides is 2. The van der Waals surface area contributed by atoms with Crippen LogP contribution in [-0.4, -0.2) is 18.0 Å². The number of benzene rings is 1. The highest BCUT2D eigenvalue weighted by Gasteiger charge is 2.22. The Bertz CT molecular complexity index is 567. The van der Waals surface area contributed by atoms with E-state index < -0.39 is 18.0 Å². The number of carbonyl (C=O) groups excluding carboxylic acids is 2. The zero-order valence-electron chi connectivity index (χ0n) is 12.3. The third-order valence-corrected chi connectivity index (χ3v) is 3.46. The number of alkyl carbamates (subject to hydrolysis) is 1. The van der Waals surface area contributed by atoms with Gasteiger partial charge >= 0.3 is 6.09 Å². The van der Waals surface area contributed by atoms with Gasteiger partial charge in [0.2, 0.25) is 5.91 Å². The molecule has 0 spiro atoms.